The summed E-state index contributed by atoms with van der Waals surface area (Å²) in [4.78, 5) is 15.0. The quantitative estimate of drug-likeness (QED) is 0.832. The lowest BCUT2D eigenvalue weighted by atomic mass is 10.1. The number of rotatable bonds is 3. The van der Waals surface area contributed by atoms with Gasteiger partial charge in [-0.1, -0.05) is 12.8 Å². The summed E-state index contributed by atoms with van der Waals surface area (Å²) in [7, 11) is 1.89. The zero-order valence-corrected chi connectivity index (χ0v) is 13.0. The Bertz CT molecular complexity index is 443. The van der Waals surface area contributed by atoms with Gasteiger partial charge in [-0.15, -0.1) is 12.6 Å². The first-order valence-corrected chi connectivity index (χ1v) is 7.56. The molecule has 18 heavy (non-hydrogen) atoms. The molecule has 0 heterocycles. The second-order valence-electron chi connectivity index (χ2n) is 5.00. The second kappa shape index (κ2) is 6.11. The minimum absolute atomic E-state index is 0.0738. The molecule has 0 spiro atoms. The molecule has 4 heteroatoms. The van der Waals surface area contributed by atoms with Crippen molar-refractivity contribution < 1.29 is 4.79 Å². The van der Waals surface area contributed by atoms with Crippen LogP contribution in [0.3, 0.4) is 0 Å². The van der Waals surface area contributed by atoms with Crippen LogP contribution in [-0.2, 0) is 0 Å². The van der Waals surface area contributed by atoms with Crippen LogP contribution in [0.1, 0.15) is 36.0 Å². The monoisotopic (exact) mass is 327 g/mol. The molecule has 0 N–H and O–H groups in total. The van der Waals surface area contributed by atoms with Gasteiger partial charge in [0.25, 0.3) is 5.91 Å². The van der Waals surface area contributed by atoms with Gasteiger partial charge in [-0.25, -0.2) is 0 Å². The number of halogens is 1. The molecule has 1 amide bonds. The fourth-order valence-electron chi connectivity index (χ4n) is 2.55. The first-order chi connectivity index (χ1) is 8.58. The van der Waals surface area contributed by atoms with Gasteiger partial charge in [0.05, 0.1) is 5.56 Å². The van der Waals surface area contributed by atoms with Crippen molar-refractivity contribution in [2.24, 2.45) is 5.92 Å². The lowest BCUT2D eigenvalue weighted by molar-refractivity contribution is 0.0772. The zero-order chi connectivity index (χ0) is 13.1. The molecule has 0 unspecified atom stereocenters. The maximum atomic E-state index is 12.4. The van der Waals surface area contributed by atoms with Crippen LogP contribution in [0, 0.1) is 5.92 Å². The topological polar surface area (TPSA) is 20.3 Å². The predicted molar refractivity (Wildman–Crippen MR) is 80.3 cm³/mol. The standard InChI is InChI=1S/C14H18BrNOS/c1-16(9-10-4-2-3-5-10)14(17)12-8-11(18)6-7-13(12)15/h6-8,10,18H,2-5,9H2,1H3. The lowest BCUT2D eigenvalue weighted by Crippen LogP contribution is -2.31. The van der Waals surface area contributed by atoms with Crippen molar-refractivity contribution in [3.05, 3.63) is 28.2 Å². The summed E-state index contributed by atoms with van der Waals surface area (Å²) >= 11 is 7.72. The van der Waals surface area contributed by atoms with E-state index in [0.717, 1.165) is 15.9 Å². The van der Waals surface area contributed by atoms with E-state index in [1.807, 2.05) is 30.1 Å². The van der Waals surface area contributed by atoms with E-state index in [1.54, 1.807) is 0 Å². The average Bonchev–Trinajstić information content (AvgIpc) is 2.84. The van der Waals surface area contributed by atoms with Gasteiger partial charge in [0.15, 0.2) is 0 Å². The average molecular weight is 328 g/mol. The fourth-order valence-corrected chi connectivity index (χ4v) is 3.17. The van der Waals surface area contributed by atoms with Crippen LogP contribution in [0.2, 0.25) is 0 Å². The molecule has 0 atom stereocenters. The van der Waals surface area contributed by atoms with Crippen LogP contribution in [0.4, 0.5) is 0 Å². The number of hydrogen-bond acceptors (Lipinski definition) is 2. The Morgan fingerprint density at radius 3 is 2.78 bits per heavy atom. The molecule has 2 rings (SSSR count). The van der Waals surface area contributed by atoms with Gasteiger partial charge in [0, 0.05) is 23.0 Å². The van der Waals surface area contributed by atoms with Gasteiger partial charge in [-0.2, -0.15) is 0 Å². The minimum atomic E-state index is 0.0738. The highest BCUT2D eigenvalue weighted by Gasteiger charge is 2.21. The van der Waals surface area contributed by atoms with E-state index in [4.69, 9.17) is 0 Å². The molecular weight excluding hydrogens is 310 g/mol. The van der Waals surface area contributed by atoms with E-state index in [-0.39, 0.29) is 5.91 Å². The van der Waals surface area contributed by atoms with Crippen LogP contribution < -0.4 is 0 Å². The van der Waals surface area contributed by atoms with Gasteiger partial charge in [-0.05, 0) is 52.9 Å². The Morgan fingerprint density at radius 1 is 1.44 bits per heavy atom. The van der Waals surface area contributed by atoms with Gasteiger partial charge in [0.2, 0.25) is 0 Å². The third kappa shape index (κ3) is 3.29. The molecule has 1 aliphatic rings. The Kier molecular flexibility index (Phi) is 4.73. The number of amides is 1. The molecule has 0 bridgehead atoms. The summed E-state index contributed by atoms with van der Waals surface area (Å²) in [6, 6.07) is 5.57. The second-order valence-corrected chi connectivity index (χ2v) is 6.37. The molecule has 0 aromatic heterocycles. The lowest BCUT2D eigenvalue weighted by Gasteiger charge is -2.21. The molecule has 1 saturated carbocycles. The zero-order valence-electron chi connectivity index (χ0n) is 10.5. The molecular formula is C14H18BrNOS. The van der Waals surface area contributed by atoms with E-state index in [2.05, 4.69) is 28.6 Å². The Morgan fingerprint density at radius 2 is 2.11 bits per heavy atom. The fraction of sp³-hybridized carbons (Fsp3) is 0.500. The van der Waals surface area contributed by atoms with E-state index >= 15 is 0 Å². The van der Waals surface area contributed by atoms with Gasteiger partial charge < -0.3 is 4.90 Å². The highest BCUT2D eigenvalue weighted by Crippen LogP contribution is 2.27. The van der Waals surface area contributed by atoms with Crippen molar-refractivity contribution in [1.82, 2.24) is 4.90 Å². The van der Waals surface area contributed by atoms with Gasteiger partial charge in [-0.3, -0.25) is 4.79 Å². The Balaban J connectivity index is 2.07. The third-order valence-electron chi connectivity index (χ3n) is 3.53. The highest BCUT2D eigenvalue weighted by atomic mass is 79.9. The highest BCUT2D eigenvalue weighted by molar-refractivity contribution is 9.10. The summed E-state index contributed by atoms with van der Waals surface area (Å²) in [6.45, 7) is 0.863. The molecule has 0 aliphatic heterocycles. The molecule has 1 aromatic carbocycles. The molecule has 2 nitrogen and oxygen atoms in total. The van der Waals surface area contributed by atoms with Crippen molar-refractivity contribution in [3.63, 3.8) is 0 Å². The number of thiol groups is 1. The Labute approximate surface area is 122 Å². The van der Waals surface area contributed by atoms with Crippen molar-refractivity contribution in [2.45, 2.75) is 30.6 Å². The van der Waals surface area contributed by atoms with E-state index < -0.39 is 0 Å². The summed E-state index contributed by atoms with van der Waals surface area (Å²) in [5, 5.41) is 0. The molecule has 0 saturated heterocycles. The summed E-state index contributed by atoms with van der Waals surface area (Å²) in [6.07, 6.45) is 5.13. The first kappa shape index (κ1) is 13.9. The predicted octanol–water partition coefficient (Wildman–Crippen LogP) is 4.00. The molecule has 1 aliphatic carbocycles. The number of nitrogens with zero attached hydrogens (tertiary/aromatic N) is 1. The largest absolute Gasteiger partial charge is 0.341 e. The van der Waals surface area contributed by atoms with Crippen molar-refractivity contribution >= 4 is 34.5 Å². The van der Waals surface area contributed by atoms with E-state index in [0.29, 0.717) is 11.5 Å². The minimum Gasteiger partial charge on any atom is -0.341 e. The van der Waals surface area contributed by atoms with Gasteiger partial charge >= 0.3 is 0 Å². The van der Waals surface area contributed by atoms with Gasteiger partial charge in [0.1, 0.15) is 0 Å². The van der Waals surface area contributed by atoms with Crippen LogP contribution in [0.25, 0.3) is 0 Å². The maximum Gasteiger partial charge on any atom is 0.254 e. The Hall–Kier alpha value is -0.480. The normalized spacial score (nSPS) is 15.9. The SMILES string of the molecule is CN(CC1CCCC1)C(=O)c1cc(S)ccc1Br. The number of benzene rings is 1. The first-order valence-electron chi connectivity index (χ1n) is 6.32. The van der Waals surface area contributed by atoms with E-state index in [1.165, 1.54) is 25.7 Å². The number of carbonyl (C=O) groups excluding carboxylic acids is 1. The summed E-state index contributed by atoms with van der Waals surface area (Å²) < 4.78 is 0.837. The summed E-state index contributed by atoms with van der Waals surface area (Å²) in [5.41, 5.74) is 0.697. The third-order valence-corrected chi connectivity index (χ3v) is 4.50. The molecule has 0 radical (unpaired) electrons. The van der Waals surface area contributed by atoms with Crippen molar-refractivity contribution in [1.29, 1.82) is 0 Å². The van der Waals surface area contributed by atoms with Crippen molar-refractivity contribution in [2.75, 3.05) is 13.6 Å². The molecule has 1 fully saturated rings. The smallest absolute Gasteiger partial charge is 0.254 e. The maximum absolute atomic E-state index is 12.4. The van der Waals surface area contributed by atoms with Crippen LogP contribution in [0.15, 0.2) is 27.6 Å². The van der Waals surface area contributed by atoms with Crippen LogP contribution in [0.5, 0.6) is 0 Å². The van der Waals surface area contributed by atoms with Crippen molar-refractivity contribution in [3.8, 4) is 0 Å². The van der Waals surface area contributed by atoms with Crippen LogP contribution >= 0.6 is 28.6 Å². The van der Waals surface area contributed by atoms with E-state index in [9.17, 15) is 4.79 Å². The van der Waals surface area contributed by atoms with Crippen LogP contribution in [-0.4, -0.2) is 24.4 Å². The molecule has 98 valence electrons. The summed E-state index contributed by atoms with van der Waals surface area (Å²) in [5.74, 6) is 0.751. The molecule has 1 aromatic rings. The number of carbonyl (C=O) groups is 1. The number of hydrogen-bond donors (Lipinski definition) is 1.